The zero-order chi connectivity index (χ0) is 13.6. The Hall–Kier alpha value is -1.81. The van der Waals surface area contributed by atoms with Crippen molar-refractivity contribution in [1.29, 1.82) is 0 Å². The molecule has 0 radical (unpaired) electrons. The summed E-state index contributed by atoms with van der Waals surface area (Å²) in [5.41, 5.74) is 3.17. The molecule has 116 valence electrons. The van der Waals surface area contributed by atoms with Crippen LogP contribution in [0.25, 0.3) is 5.70 Å². The van der Waals surface area contributed by atoms with Gasteiger partial charge in [-0.05, 0) is 5.56 Å². The summed E-state index contributed by atoms with van der Waals surface area (Å²) >= 11 is 0. The Kier molecular flexibility index (Phi) is 7.67. The Morgan fingerprint density at radius 3 is 2.23 bits per heavy atom. The van der Waals surface area contributed by atoms with E-state index in [9.17, 15) is 0 Å². The Bertz CT molecular complexity index is 615. The highest BCUT2D eigenvalue weighted by Crippen LogP contribution is 2.19. The van der Waals surface area contributed by atoms with E-state index in [1.807, 2.05) is 66.0 Å². The van der Waals surface area contributed by atoms with E-state index in [2.05, 4.69) is 17.1 Å². The second-order valence-electron chi connectivity index (χ2n) is 4.55. The molecular weight excluding hydrogens is 319 g/mol. The van der Waals surface area contributed by atoms with Crippen LogP contribution in [0.3, 0.4) is 0 Å². The minimum absolute atomic E-state index is 0. The molecule has 0 atom stereocenters. The van der Waals surface area contributed by atoms with Gasteiger partial charge in [0, 0.05) is 11.8 Å². The molecule has 0 aromatic heterocycles. The Labute approximate surface area is 143 Å². The predicted molar refractivity (Wildman–Crippen MR) is 95.3 cm³/mol. The van der Waals surface area contributed by atoms with Gasteiger partial charge in [-0.3, -0.25) is 14.9 Å². The summed E-state index contributed by atoms with van der Waals surface area (Å²) in [6.07, 6.45) is 3.81. The number of halogens is 2. The average molecular weight is 337 g/mol. The van der Waals surface area contributed by atoms with E-state index < -0.39 is 0 Å². The molecule has 1 heterocycles. The highest BCUT2D eigenvalue weighted by molar-refractivity contribution is 5.85. The molecule has 1 aliphatic heterocycles. The third-order valence-corrected chi connectivity index (χ3v) is 3.07. The van der Waals surface area contributed by atoms with E-state index in [0.717, 1.165) is 16.8 Å². The van der Waals surface area contributed by atoms with Gasteiger partial charge in [-0.1, -0.05) is 60.7 Å². The van der Waals surface area contributed by atoms with Crippen molar-refractivity contribution in [2.45, 2.75) is 6.61 Å². The van der Waals surface area contributed by atoms with E-state index in [-0.39, 0.29) is 24.8 Å². The van der Waals surface area contributed by atoms with Gasteiger partial charge in [0.05, 0.1) is 25.0 Å². The minimum Gasteiger partial charge on any atom is -0.269 e. The average Bonchev–Trinajstić information content (AvgIpc) is 2.55. The summed E-state index contributed by atoms with van der Waals surface area (Å²) in [6.45, 7) is 1.23. The van der Waals surface area contributed by atoms with Crippen molar-refractivity contribution in [1.82, 2.24) is 5.06 Å². The first-order valence-corrected chi connectivity index (χ1v) is 6.65. The molecule has 5 heteroatoms. The van der Waals surface area contributed by atoms with Crippen molar-refractivity contribution < 1.29 is 4.84 Å². The van der Waals surface area contributed by atoms with E-state index in [0.29, 0.717) is 13.2 Å². The summed E-state index contributed by atoms with van der Waals surface area (Å²) in [6, 6.07) is 20.3. The zero-order valence-electron chi connectivity index (χ0n) is 12.0. The predicted octanol–water partition coefficient (Wildman–Crippen LogP) is 4.35. The van der Waals surface area contributed by atoms with Gasteiger partial charge in [0.15, 0.2) is 0 Å². The molecule has 0 fully saturated rings. The lowest BCUT2D eigenvalue weighted by molar-refractivity contribution is -0.120. The van der Waals surface area contributed by atoms with E-state index >= 15 is 0 Å². The second-order valence-corrected chi connectivity index (χ2v) is 4.55. The van der Waals surface area contributed by atoms with Crippen LogP contribution in [-0.4, -0.2) is 17.8 Å². The van der Waals surface area contributed by atoms with Crippen molar-refractivity contribution in [3.8, 4) is 0 Å². The SMILES string of the molecule is C1=NC(c2ccccc2)=CN(OCc2ccccc2)C1.Cl.Cl. The largest absolute Gasteiger partial charge is 0.269 e. The molecule has 0 saturated heterocycles. The molecule has 2 aromatic carbocycles. The van der Waals surface area contributed by atoms with Gasteiger partial charge in [0.25, 0.3) is 0 Å². The minimum atomic E-state index is 0. The normalized spacial score (nSPS) is 12.9. The van der Waals surface area contributed by atoms with Crippen molar-refractivity contribution in [2.75, 3.05) is 6.54 Å². The molecule has 0 spiro atoms. The molecule has 0 N–H and O–H groups in total. The monoisotopic (exact) mass is 336 g/mol. The molecule has 1 aliphatic rings. The van der Waals surface area contributed by atoms with E-state index in [4.69, 9.17) is 4.84 Å². The van der Waals surface area contributed by atoms with Crippen LogP contribution in [0.4, 0.5) is 0 Å². The Morgan fingerprint density at radius 2 is 1.55 bits per heavy atom. The number of benzene rings is 2. The Morgan fingerprint density at radius 1 is 0.909 bits per heavy atom. The number of hydrogen-bond acceptors (Lipinski definition) is 3. The van der Waals surface area contributed by atoms with Gasteiger partial charge in [0.2, 0.25) is 0 Å². The molecule has 22 heavy (non-hydrogen) atoms. The van der Waals surface area contributed by atoms with Crippen molar-refractivity contribution >= 4 is 36.7 Å². The lowest BCUT2D eigenvalue weighted by Crippen LogP contribution is -2.22. The highest BCUT2D eigenvalue weighted by atomic mass is 35.5. The fourth-order valence-corrected chi connectivity index (χ4v) is 2.02. The first-order chi connectivity index (χ1) is 9.92. The third kappa shape index (κ3) is 4.88. The van der Waals surface area contributed by atoms with Crippen molar-refractivity contribution in [2.24, 2.45) is 4.99 Å². The fourth-order valence-electron chi connectivity index (χ4n) is 2.02. The maximum absolute atomic E-state index is 5.79. The summed E-state index contributed by atoms with van der Waals surface area (Å²) in [7, 11) is 0. The van der Waals surface area contributed by atoms with Crippen LogP contribution >= 0.6 is 24.8 Å². The molecule has 2 aromatic rings. The van der Waals surface area contributed by atoms with Crippen LogP contribution in [0, 0.1) is 0 Å². The molecule has 0 amide bonds. The molecular formula is C17H18Cl2N2O. The zero-order valence-corrected chi connectivity index (χ0v) is 13.6. The summed E-state index contributed by atoms with van der Waals surface area (Å²) in [5, 5.41) is 1.82. The molecule has 3 rings (SSSR count). The van der Waals surface area contributed by atoms with E-state index in [1.54, 1.807) is 0 Å². The van der Waals surface area contributed by atoms with Gasteiger partial charge in [0.1, 0.15) is 0 Å². The number of hydrogen-bond donors (Lipinski definition) is 0. The van der Waals surface area contributed by atoms with Crippen molar-refractivity contribution in [3.63, 3.8) is 0 Å². The van der Waals surface area contributed by atoms with Crippen LogP contribution < -0.4 is 0 Å². The quantitative estimate of drug-likeness (QED) is 0.829. The second kappa shape index (κ2) is 9.26. The maximum atomic E-state index is 5.79. The van der Waals surface area contributed by atoms with Gasteiger partial charge in [-0.15, -0.1) is 24.8 Å². The highest BCUT2D eigenvalue weighted by Gasteiger charge is 2.08. The van der Waals surface area contributed by atoms with Crippen LogP contribution in [-0.2, 0) is 11.4 Å². The first kappa shape index (κ1) is 18.2. The standard InChI is InChI=1S/C17H16N2O.2ClH/c1-3-7-15(8-4-1)14-20-19-12-11-18-17(13-19)16-9-5-2-6-10-16;;/h1-11,13H,12,14H2;2*1H. The molecule has 3 nitrogen and oxygen atoms in total. The molecule has 0 bridgehead atoms. The molecule has 0 aliphatic carbocycles. The van der Waals surface area contributed by atoms with Crippen molar-refractivity contribution in [3.05, 3.63) is 78.0 Å². The number of rotatable bonds is 4. The third-order valence-electron chi connectivity index (χ3n) is 3.07. The van der Waals surface area contributed by atoms with Gasteiger partial charge in [-0.2, -0.15) is 0 Å². The van der Waals surface area contributed by atoms with Gasteiger partial charge >= 0.3 is 0 Å². The van der Waals surface area contributed by atoms with E-state index in [1.165, 1.54) is 0 Å². The van der Waals surface area contributed by atoms with Crippen LogP contribution in [0.2, 0.25) is 0 Å². The fraction of sp³-hybridized carbons (Fsp3) is 0.118. The van der Waals surface area contributed by atoms with Crippen LogP contribution in [0.1, 0.15) is 11.1 Å². The lowest BCUT2D eigenvalue weighted by Gasteiger charge is -2.22. The summed E-state index contributed by atoms with van der Waals surface area (Å²) in [5.74, 6) is 0. The molecule has 0 saturated carbocycles. The number of nitrogens with zero attached hydrogens (tertiary/aromatic N) is 2. The smallest absolute Gasteiger partial charge is 0.0999 e. The van der Waals surface area contributed by atoms with Gasteiger partial charge < -0.3 is 0 Å². The van der Waals surface area contributed by atoms with Crippen LogP contribution in [0.15, 0.2) is 71.9 Å². The maximum Gasteiger partial charge on any atom is 0.0999 e. The summed E-state index contributed by atoms with van der Waals surface area (Å²) in [4.78, 5) is 10.2. The molecule has 0 unspecified atom stereocenters. The number of hydroxylamine groups is 2. The first-order valence-electron chi connectivity index (χ1n) is 6.65. The number of aliphatic imine (C=N–C) groups is 1. The Balaban J connectivity index is 0.00000121. The topological polar surface area (TPSA) is 24.8 Å². The lowest BCUT2D eigenvalue weighted by atomic mass is 10.1. The summed E-state index contributed by atoms with van der Waals surface area (Å²) < 4.78 is 0. The van der Waals surface area contributed by atoms with Crippen LogP contribution in [0.5, 0.6) is 0 Å². The van der Waals surface area contributed by atoms with Gasteiger partial charge in [-0.25, -0.2) is 0 Å².